The third-order valence-corrected chi connectivity index (χ3v) is 2.75. The van der Waals surface area contributed by atoms with Crippen LogP contribution in [0.2, 0.25) is 0 Å². The zero-order chi connectivity index (χ0) is 15.7. The standard InChI is InChI=1S/C10H15NO.C6H5NO2.ClH/c1-3-11-10-7-5-4-6-9(10)8(2)12;8-7(9)6-4-2-1-3-5-6;/h4-8,11-12H,3H2,1-2H3;1-5H;1H/t8-;;/m1../s1. The number of nitro groups is 1. The fourth-order valence-corrected chi connectivity index (χ4v) is 1.76. The number of non-ortho nitro benzene ring substituents is 1. The van der Waals surface area contributed by atoms with Gasteiger partial charge in [0.25, 0.3) is 5.69 Å². The van der Waals surface area contributed by atoms with Crippen molar-refractivity contribution in [3.8, 4) is 0 Å². The normalized spacial score (nSPS) is 10.5. The third-order valence-electron chi connectivity index (χ3n) is 2.75. The molecule has 0 aromatic heterocycles. The van der Waals surface area contributed by atoms with Crippen molar-refractivity contribution >= 4 is 23.8 Å². The molecule has 5 nitrogen and oxygen atoms in total. The predicted octanol–water partition coefficient (Wildman–Crippen LogP) is 4.19. The number of halogens is 1. The Kier molecular flexibility index (Phi) is 9.58. The molecule has 0 spiro atoms. The molecule has 0 aliphatic rings. The summed E-state index contributed by atoms with van der Waals surface area (Å²) >= 11 is 0. The number of anilines is 1. The number of nitrogens with one attached hydrogen (secondary N) is 1. The Morgan fingerprint density at radius 2 is 1.68 bits per heavy atom. The summed E-state index contributed by atoms with van der Waals surface area (Å²) in [4.78, 5) is 9.59. The van der Waals surface area contributed by atoms with Gasteiger partial charge in [-0.05, 0) is 19.9 Å². The minimum absolute atomic E-state index is 0. The van der Waals surface area contributed by atoms with Gasteiger partial charge in [0.2, 0.25) is 0 Å². The molecule has 0 fully saturated rings. The Labute approximate surface area is 136 Å². The number of hydrogen-bond donors (Lipinski definition) is 2. The van der Waals surface area contributed by atoms with E-state index in [0.29, 0.717) is 0 Å². The lowest BCUT2D eigenvalue weighted by molar-refractivity contribution is -0.384. The van der Waals surface area contributed by atoms with Crippen molar-refractivity contribution in [2.45, 2.75) is 20.0 Å². The van der Waals surface area contributed by atoms with E-state index in [9.17, 15) is 15.2 Å². The van der Waals surface area contributed by atoms with Gasteiger partial charge in [-0.1, -0.05) is 36.4 Å². The molecule has 0 amide bonds. The van der Waals surface area contributed by atoms with Crippen LogP contribution in [0.3, 0.4) is 0 Å². The van der Waals surface area contributed by atoms with Gasteiger partial charge in [-0.3, -0.25) is 10.1 Å². The van der Waals surface area contributed by atoms with Crippen molar-refractivity contribution in [2.24, 2.45) is 0 Å². The van der Waals surface area contributed by atoms with E-state index in [-0.39, 0.29) is 18.1 Å². The van der Waals surface area contributed by atoms with E-state index >= 15 is 0 Å². The number of nitrogens with zero attached hydrogens (tertiary/aromatic N) is 1. The lowest BCUT2D eigenvalue weighted by atomic mass is 10.1. The van der Waals surface area contributed by atoms with E-state index in [1.165, 1.54) is 12.1 Å². The third kappa shape index (κ3) is 6.56. The molecule has 0 aliphatic carbocycles. The van der Waals surface area contributed by atoms with Gasteiger partial charge in [0.05, 0.1) is 11.0 Å². The second-order valence-corrected chi connectivity index (χ2v) is 4.39. The maximum Gasteiger partial charge on any atom is 0.269 e. The van der Waals surface area contributed by atoms with E-state index < -0.39 is 11.0 Å². The van der Waals surface area contributed by atoms with Gasteiger partial charge in [0, 0.05) is 29.9 Å². The number of para-hydroxylation sites is 2. The van der Waals surface area contributed by atoms with E-state index in [1.54, 1.807) is 25.1 Å². The molecule has 22 heavy (non-hydrogen) atoms. The minimum Gasteiger partial charge on any atom is -0.389 e. The van der Waals surface area contributed by atoms with E-state index in [4.69, 9.17) is 0 Å². The van der Waals surface area contributed by atoms with Crippen LogP contribution >= 0.6 is 12.4 Å². The fraction of sp³-hybridized carbons (Fsp3) is 0.250. The van der Waals surface area contributed by atoms with Gasteiger partial charge in [-0.2, -0.15) is 0 Å². The monoisotopic (exact) mass is 324 g/mol. The van der Waals surface area contributed by atoms with Crippen LogP contribution in [0, 0.1) is 10.1 Å². The fourth-order valence-electron chi connectivity index (χ4n) is 1.76. The molecular formula is C16H21ClN2O3. The topological polar surface area (TPSA) is 75.4 Å². The summed E-state index contributed by atoms with van der Waals surface area (Å²) in [7, 11) is 0. The van der Waals surface area contributed by atoms with Crippen LogP contribution in [0.4, 0.5) is 11.4 Å². The first-order valence-electron chi connectivity index (χ1n) is 6.76. The summed E-state index contributed by atoms with van der Waals surface area (Å²) in [5.74, 6) is 0. The molecular weight excluding hydrogens is 304 g/mol. The van der Waals surface area contributed by atoms with Gasteiger partial charge in [-0.25, -0.2) is 0 Å². The second-order valence-electron chi connectivity index (χ2n) is 4.39. The molecule has 0 saturated heterocycles. The highest BCUT2D eigenvalue weighted by atomic mass is 35.5. The second kappa shape index (κ2) is 10.6. The summed E-state index contributed by atoms with van der Waals surface area (Å²) < 4.78 is 0. The zero-order valence-corrected chi connectivity index (χ0v) is 13.4. The molecule has 0 radical (unpaired) electrons. The van der Waals surface area contributed by atoms with Crippen molar-refractivity contribution in [3.63, 3.8) is 0 Å². The smallest absolute Gasteiger partial charge is 0.269 e. The highest BCUT2D eigenvalue weighted by Crippen LogP contribution is 2.21. The highest BCUT2D eigenvalue weighted by molar-refractivity contribution is 5.85. The van der Waals surface area contributed by atoms with Gasteiger partial charge in [-0.15, -0.1) is 12.4 Å². The Hall–Kier alpha value is -2.11. The lowest BCUT2D eigenvalue weighted by Crippen LogP contribution is -2.02. The summed E-state index contributed by atoms with van der Waals surface area (Å²) in [6.45, 7) is 4.69. The van der Waals surface area contributed by atoms with Gasteiger partial charge < -0.3 is 10.4 Å². The Morgan fingerprint density at radius 3 is 2.14 bits per heavy atom. The van der Waals surface area contributed by atoms with Crippen molar-refractivity contribution in [1.29, 1.82) is 0 Å². The minimum atomic E-state index is -0.417. The molecule has 0 aliphatic heterocycles. The summed E-state index contributed by atoms with van der Waals surface area (Å²) in [6.07, 6.45) is -0.403. The van der Waals surface area contributed by atoms with Gasteiger partial charge >= 0.3 is 0 Å². The molecule has 6 heteroatoms. The van der Waals surface area contributed by atoms with Crippen molar-refractivity contribution in [3.05, 3.63) is 70.3 Å². The van der Waals surface area contributed by atoms with Gasteiger partial charge in [0.15, 0.2) is 0 Å². The first kappa shape index (κ1) is 19.9. The average molecular weight is 325 g/mol. The summed E-state index contributed by atoms with van der Waals surface area (Å²) in [5, 5.41) is 22.6. The molecule has 0 unspecified atom stereocenters. The van der Waals surface area contributed by atoms with E-state index in [0.717, 1.165) is 17.8 Å². The highest BCUT2D eigenvalue weighted by Gasteiger charge is 2.04. The quantitative estimate of drug-likeness (QED) is 0.653. The molecule has 120 valence electrons. The number of rotatable bonds is 4. The SMILES string of the molecule is CCNc1ccccc1[C@@H](C)O.Cl.O=[N+]([O-])c1ccccc1. The number of hydrogen-bond acceptors (Lipinski definition) is 4. The molecule has 0 heterocycles. The molecule has 0 saturated carbocycles. The average Bonchev–Trinajstić information content (AvgIpc) is 2.49. The Bertz CT molecular complexity index is 562. The van der Waals surface area contributed by atoms with Crippen LogP contribution in [0.15, 0.2) is 54.6 Å². The van der Waals surface area contributed by atoms with Crippen molar-refractivity contribution in [2.75, 3.05) is 11.9 Å². The van der Waals surface area contributed by atoms with Gasteiger partial charge in [0.1, 0.15) is 0 Å². The predicted molar refractivity (Wildman–Crippen MR) is 91.6 cm³/mol. The van der Waals surface area contributed by atoms with E-state index in [2.05, 4.69) is 5.32 Å². The van der Waals surface area contributed by atoms with Crippen LogP contribution in [0.25, 0.3) is 0 Å². The molecule has 2 aromatic rings. The number of aliphatic hydroxyl groups is 1. The van der Waals surface area contributed by atoms with Crippen LogP contribution in [-0.2, 0) is 0 Å². The van der Waals surface area contributed by atoms with Crippen LogP contribution in [0.1, 0.15) is 25.5 Å². The summed E-state index contributed by atoms with van der Waals surface area (Å²) in [5.41, 5.74) is 2.12. The van der Waals surface area contributed by atoms with Crippen LogP contribution in [-0.4, -0.2) is 16.6 Å². The Morgan fingerprint density at radius 1 is 1.14 bits per heavy atom. The molecule has 2 aromatic carbocycles. The molecule has 0 bridgehead atoms. The maximum absolute atomic E-state index is 10.0. The summed E-state index contributed by atoms with van der Waals surface area (Å²) in [6, 6.07) is 15.7. The van der Waals surface area contributed by atoms with Crippen molar-refractivity contribution in [1.82, 2.24) is 0 Å². The van der Waals surface area contributed by atoms with Crippen molar-refractivity contribution < 1.29 is 10.0 Å². The van der Waals surface area contributed by atoms with Crippen LogP contribution in [0.5, 0.6) is 0 Å². The number of aliphatic hydroxyl groups excluding tert-OH is 1. The molecule has 2 rings (SSSR count). The first-order chi connectivity index (χ1) is 10.1. The zero-order valence-electron chi connectivity index (χ0n) is 12.6. The Balaban J connectivity index is 0.000000397. The molecule has 2 N–H and O–H groups in total. The van der Waals surface area contributed by atoms with E-state index in [1.807, 2.05) is 31.2 Å². The number of benzene rings is 2. The first-order valence-corrected chi connectivity index (χ1v) is 6.76. The largest absolute Gasteiger partial charge is 0.389 e. The number of nitro benzene ring substituents is 1. The molecule has 1 atom stereocenters. The maximum atomic E-state index is 10.0. The lowest BCUT2D eigenvalue weighted by Gasteiger charge is -2.11. The van der Waals surface area contributed by atoms with Crippen LogP contribution < -0.4 is 5.32 Å².